The standard InChI is InChI=1S/C26H20F2N4O5/c1-12-7-15-20(9-17(12)27)32(22(25(35)36)21(15)14-5-4-6-29-23(14)33)11-13-8-16-19(10-18(13)28)30(2)26(37)31(3)24(16)34/h4-10H,11H2,1-3H3,(H,29,33)(H,35,36). The Bertz CT molecular complexity index is 1960. The van der Waals surface area contributed by atoms with Crippen molar-refractivity contribution < 1.29 is 18.7 Å². The SMILES string of the molecule is Cc1cc2c(-c3ccc[nH]c3=O)c(C(=O)O)n(Cc3cc4c(=O)n(C)c(=O)n(C)c4cc3F)c2cc1F. The summed E-state index contributed by atoms with van der Waals surface area (Å²) in [6, 6.07) is 7.85. The number of halogens is 2. The molecule has 0 fully saturated rings. The van der Waals surface area contributed by atoms with Crippen LogP contribution < -0.4 is 16.8 Å². The number of nitrogens with zero attached hydrogens (tertiary/aromatic N) is 3. The molecule has 0 atom stereocenters. The second kappa shape index (κ2) is 8.40. The highest BCUT2D eigenvalue weighted by Crippen LogP contribution is 2.36. The van der Waals surface area contributed by atoms with Crippen LogP contribution >= 0.6 is 0 Å². The minimum Gasteiger partial charge on any atom is -0.477 e. The van der Waals surface area contributed by atoms with E-state index in [2.05, 4.69) is 4.98 Å². The highest BCUT2D eigenvalue weighted by molar-refractivity contribution is 6.08. The first-order chi connectivity index (χ1) is 17.5. The minimum absolute atomic E-state index is 0.0519. The van der Waals surface area contributed by atoms with Crippen molar-refractivity contribution in [3.8, 4) is 11.1 Å². The molecule has 5 aromatic rings. The van der Waals surface area contributed by atoms with Gasteiger partial charge in [0.2, 0.25) is 0 Å². The van der Waals surface area contributed by atoms with Gasteiger partial charge in [-0.05, 0) is 48.9 Å². The number of aromatic nitrogens is 4. The first-order valence-corrected chi connectivity index (χ1v) is 11.1. The van der Waals surface area contributed by atoms with Crippen molar-refractivity contribution >= 4 is 27.8 Å². The van der Waals surface area contributed by atoms with Gasteiger partial charge in [-0.25, -0.2) is 18.4 Å². The monoisotopic (exact) mass is 506 g/mol. The third-order valence-corrected chi connectivity index (χ3v) is 6.60. The van der Waals surface area contributed by atoms with E-state index < -0.39 is 34.4 Å². The summed E-state index contributed by atoms with van der Waals surface area (Å²) in [7, 11) is 2.70. The van der Waals surface area contributed by atoms with E-state index >= 15 is 4.39 Å². The molecule has 9 nitrogen and oxygen atoms in total. The highest BCUT2D eigenvalue weighted by Gasteiger charge is 2.27. The zero-order chi connectivity index (χ0) is 26.8. The maximum absolute atomic E-state index is 15.3. The van der Waals surface area contributed by atoms with Gasteiger partial charge in [0.05, 0.1) is 23.0 Å². The molecule has 0 unspecified atom stereocenters. The molecule has 0 amide bonds. The Hall–Kier alpha value is -4.80. The van der Waals surface area contributed by atoms with Gasteiger partial charge in [0, 0.05) is 42.4 Å². The fraction of sp³-hybridized carbons (Fsp3) is 0.154. The molecule has 0 aliphatic rings. The van der Waals surface area contributed by atoms with Crippen molar-refractivity contribution in [2.75, 3.05) is 0 Å². The molecular formula is C26H20F2N4O5. The smallest absolute Gasteiger partial charge is 0.353 e. The average Bonchev–Trinajstić information content (AvgIpc) is 3.15. The summed E-state index contributed by atoms with van der Waals surface area (Å²) in [5.41, 5.74) is -1.67. The lowest BCUT2D eigenvalue weighted by molar-refractivity contribution is 0.0687. The quantitative estimate of drug-likeness (QED) is 0.389. The van der Waals surface area contributed by atoms with Gasteiger partial charge >= 0.3 is 11.7 Å². The largest absolute Gasteiger partial charge is 0.477 e. The van der Waals surface area contributed by atoms with E-state index in [0.717, 1.165) is 21.3 Å². The molecule has 0 aliphatic heterocycles. The topological polar surface area (TPSA) is 119 Å². The van der Waals surface area contributed by atoms with Crippen LogP contribution in [0.5, 0.6) is 0 Å². The van der Waals surface area contributed by atoms with Crippen LogP contribution in [-0.2, 0) is 20.6 Å². The Morgan fingerprint density at radius 1 is 0.973 bits per heavy atom. The molecule has 5 rings (SSSR count). The summed E-state index contributed by atoms with van der Waals surface area (Å²) < 4.78 is 33.2. The number of H-pyrrole nitrogens is 1. The lowest BCUT2D eigenvalue weighted by atomic mass is 10.0. The van der Waals surface area contributed by atoms with Gasteiger partial charge in [-0.3, -0.25) is 18.7 Å². The fourth-order valence-corrected chi connectivity index (χ4v) is 4.70. The third-order valence-electron chi connectivity index (χ3n) is 6.60. The first-order valence-electron chi connectivity index (χ1n) is 11.1. The van der Waals surface area contributed by atoms with Gasteiger partial charge in [-0.2, -0.15) is 0 Å². The molecule has 37 heavy (non-hydrogen) atoms. The summed E-state index contributed by atoms with van der Waals surface area (Å²) >= 11 is 0. The van der Waals surface area contributed by atoms with Crippen LogP contribution in [0.4, 0.5) is 8.78 Å². The fourth-order valence-electron chi connectivity index (χ4n) is 4.70. The number of hydrogen-bond acceptors (Lipinski definition) is 4. The number of aryl methyl sites for hydroxylation is 2. The van der Waals surface area contributed by atoms with Gasteiger partial charge < -0.3 is 14.7 Å². The van der Waals surface area contributed by atoms with Gasteiger partial charge in [-0.15, -0.1) is 0 Å². The van der Waals surface area contributed by atoms with Crippen molar-refractivity contribution in [1.82, 2.24) is 18.7 Å². The number of fused-ring (bicyclic) bond motifs is 2. The number of aromatic carboxylic acids is 1. The summed E-state index contributed by atoms with van der Waals surface area (Å²) in [5.74, 6) is -2.81. The Labute approximate surface area is 206 Å². The van der Waals surface area contributed by atoms with Gasteiger partial charge in [0.25, 0.3) is 11.1 Å². The van der Waals surface area contributed by atoms with Crippen molar-refractivity contribution in [2.24, 2.45) is 14.1 Å². The number of benzene rings is 2. The van der Waals surface area contributed by atoms with Crippen LogP contribution in [0.25, 0.3) is 32.9 Å². The van der Waals surface area contributed by atoms with Crippen LogP contribution in [0.3, 0.4) is 0 Å². The molecule has 0 aliphatic carbocycles. The molecular weight excluding hydrogens is 486 g/mol. The van der Waals surface area contributed by atoms with Crippen LogP contribution in [-0.4, -0.2) is 29.8 Å². The number of hydrogen-bond donors (Lipinski definition) is 2. The Morgan fingerprint density at radius 3 is 2.35 bits per heavy atom. The predicted octanol–water partition coefficient (Wildman–Crippen LogP) is 2.88. The first kappa shape index (κ1) is 23.9. The van der Waals surface area contributed by atoms with E-state index in [1.54, 1.807) is 0 Å². The molecule has 3 aromatic heterocycles. The lowest BCUT2D eigenvalue weighted by Crippen LogP contribution is -2.37. The number of pyridine rings is 1. The second-order valence-electron chi connectivity index (χ2n) is 8.81. The summed E-state index contributed by atoms with van der Waals surface area (Å²) in [4.78, 5) is 52.7. The van der Waals surface area contributed by atoms with E-state index in [1.807, 2.05) is 0 Å². The number of carbonyl (C=O) groups is 1. The molecule has 0 saturated carbocycles. The van der Waals surface area contributed by atoms with E-state index in [-0.39, 0.29) is 50.9 Å². The predicted molar refractivity (Wildman–Crippen MR) is 133 cm³/mol. The maximum Gasteiger partial charge on any atom is 0.353 e. The van der Waals surface area contributed by atoms with Crippen LogP contribution in [0, 0.1) is 18.6 Å². The molecule has 11 heteroatoms. The Balaban J connectivity index is 1.86. The van der Waals surface area contributed by atoms with Gasteiger partial charge in [0.15, 0.2) is 0 Å². The number of aromatic amines is 1. The van der Waals surface area contributed by atoms with Crippen LogP contribution in [0.1, 0.15) is 21.6 Å². The summed E-state index contributed by atoms with van der Waals surface area (Å²) in [6.45, 7) is 1.12. The lowest BCUT2D eigenvalue weighted by Gasteiger charge is -2.13. The normalized spacial score (nSPS) is 11.5. The van der Waals surface area contributed by atoms with Gasteiger partial charge in [-0.1, -0.05) is 0 Å². The molecule has 0 radical (unpaired) electrons. The van der Waals surface area contributed by atoms with E-state index in [0.29, 0.717) is 5.39 Å². The van der Waals surface area contributed by atoms with Gasteiger partial charge in [0.1, 0.15) is 17.3 Å². The number of nitrogens with one attached hydrogen (secondary N) is 1. The van der Waals surface area contributed by atoms with E-state index in [4.69, 9.17) is 0 Å². The van der Waals surface area contributed by atoms with E-state index in [9.17, 15) is 28.7 Å². The Kier molecular flexibility index (Phi) is 5.43. The number of carboxylic acid groups (broad SMARTS) is 1. The Morgan fingerprint density at radius 2 is 1.68 bits per heavy atom. The number of rotatable bonds is 4. The zero-order valence-corrected chi connectivity index (χ0v) is 19.9. The molecule has 3 heterocycles. The number of carboxylic acids is 1. The second-order valence-corrected chi connectivity index (χ2v) is 8.81. The molecule has 2 N–H and O–H groups in total. The maximum atomic E-state index is 15.3. The highest BCUT2D eigenvalue weighted by atomic mass is 19.1. The molecule has 188 valence electrons. The molecule has 0 bridgehead atoms. The van der Waals surface area contributed by atoms with Crippen LogP contribution in [0.15, 0.2) is 57.0 Å². The van der Waals surface area contributed by atoms with Crippen molar-refractivity contribution in [3.63, 3.8) is 0 Å². The minimum atomic E-state index is -1.41. The van der Waals surface area contributed by atoms with Crippen LogP contribution in [0.2, 0.25) is 0 Å². The summed E-state index contributed by atoms with van der Waals surface area (Å²) in [6.07, 6.45) is 1.40. The third kappa shape index (κ3) is 3.58. The molecule has 2 aromatic carbocycles. The van der Waals surface area contributed by atoms with E-state index in [1.165, 1.54) is 56.0 Å². The van der Waals surface area contributed by atoms with Crippen molar-refractivity contribution in [1.29, 1.82) is 0 Å². The molecule has 0 spiro atoms. The zero-order valence-electron chi connectivity index (χ0n) is 19.9. The summed E-state index contributed by atoms with van der Waals surface area (Å²) in [5, 5.41) is 10.5. The molecule has 0 saturated heterocycles. The average molecular weight is 506 g/mol. The van der Waals surface area contributed by atoms with Crippen molar-refractivity contribution in [2.45, 2.75) is 13.5 Å². The van der Waals surface area contributed by atoms with Crippen molar-refractivity contribution in [3.05, 3.63) is 102 Å².